The van der Waals surface area contributed by atoms with E-state index in [1.807, 2.05) is 0 Å². The summed E-state index contributed by atoms with van der Waals surface area (Å²) in [5.74, 6) is -16.9. The van der Waals surface area contributed by atoms with Crippen molar-refractivity contribution in [3.05, 3.63) is 0 Å². The summed E-state index contributed by atoms with van der Waals surface area (Å²) in [6.07, 6.45) is -6.09. The number of carbonyl (C=O) groups is 1. The van der Waals surface area contributed by atoms with Crippen LogP contribution in [0.3, 0.4) is 0 Å². The van der Waals surface area contributed by atoms with Crippen molar-refractivity contribution in [2.75, 3.05) is 12.4 Å². The van der Waals surface area contributed by atoms with Crippen LogP contribution in [-0.2, 0) is 4.79 Å². The fourth-order valence-electron chi connectivity index (χ4n) is 1.07. The van der Waals surface area contributed by atoms with Gasteiger partial charge in [0.05, 0.1) is 0 Å². The monoisotopic (exact) mass is 332 g/mol. The lowest BCUT2D eigenvalue weighted by Gasteiger charge is -2.31. The van der Waals surface area contributed by atoms with Gasteiger partial charge in [0, 0.05) is 18.6 Å². The van der Waals surface area contributed by atoms with Crippen LogP contribution in [0.5, 0.6) is 0 Å². The molecule has 1 nitrogen and oxygen atoms in total. The minimum absolute atomic E-state index is 0.00856. The summed E-state index contributed by atoms with van der Waals surface area (Å²) < 4.78 is 101. The Morgan fingerprint density at radius 2 is 1.65 bits per heavy atom. The molecular formula is C10H12F8OS. The highest BCUT2D eigenvalue weighted by molar-refractivity contribution is 8.13. The van der Waals surface area contributed by atoms with Gasteiger partial charge in [0.2, 0.25) is 6.17 Å². The molecule has 0 rings (SSSR count). The van der Waals surface area contributed by atoms with Crippen LogP contribution in [0, 0.1) is 0 Å². The largest absolute Gasteiger partial charge is 0.349 e. The number of carbonyl (C=O) groups excluding carboxylic acids is 1. The second-order valence-corrected chi connectivity index (χ2v) is 5.06. The van der Waals surface area contributed by atoms with E-state index in [1.165, 1.54) is 6.92 Å². The topological polar surface area (TPSA) is 17.1 Å². The Morgan fingerprint density at radius 1 is 1.15 bits per heavy atom. The Kier molecular flexibility index (Phi) is 6.76. The summed E-state index contributed by atoms with van der Waals surface area (Å²) in [5.41, 5.74) is 0. The van der Waals surface area contributed by atoms with Gasteiger partial charge in [0.1, 0.15) is 0 Å². The molecule has 0 N–H and O–H groups in total. The maximum Gasteiger partial charge on any atom is 0.349 e. The van der Waals surface area contributed by atoms with Crippen LogP contribution < -0.4 is 0 Å². The molecule has 0 aromatic heterocycles. The lowest BCUT2D eigenvalue weighted by molar-refractivity contribution is -0.280. The molecule has 1 unspecified atom stereocenters. The van der Waals surface area contributed by atoms with Gasteiger partial charge in [-0.15, -0.1) is 0 Å². The molecule has 0 aliphatic carbocycles. The molecule has 1 atom stereocenters. The Labute approximate surface area is 114 Å². The van der Waals surface area contributed by atoms with Gasteiger partial charge in [-0.2, -0.15) is 17.6 Å². The van der Waals surface area contributed by atoms with Crippen LogP contribution in [0.2, 0.25) is 0 Å². The molecular weight excluding hydrogens is 320 g/mol. The van der Waals surface area contributed by atoms with Crippen molar-refractivity contribution in [1.82, 2.24) is 0 Å². The molecule has 0 radical (unpaired) electrons. The molecule has 20 heavy (non-hydrogen) atoms. The molecule has 0 aromatic carbocycles. The van der Waals surface area contributed by atoms with E-state index in [0.717, 1.165) is 0 Å². The van der Waals surface area contributed by atoms with Gasteiger partial charge in [-0.25, -0.2) is 17.6 Å². The van der Waals surface area contributed by atoms with Crippen LogP contribution >= 0.6 is 11.8 Å². The molecule has 10 heteroatoms. The molecule has 120 valence electrons. The zero-order valence-corrected chi connectivity index (χ0v) is 11.1. The first kappa shape index (κ1) is 19.5. The van der Waals surface area contributed by atoms with Crippen LogP contribution in [0.25, 0.3) is 0 Å². The summed E-state index contributed by atoms with van der Waals surface area (Å²) in [5, 5.41) is -0.531. The van der Waals surface area contributed by atoms with E-state index in [-0.39, 0.29) is 6.42 Å². The van der Waals surface area contributed by atoms with Gasteiger partial charge in [-0.1, -0.05) is 18.7 Å². The standard InChI is InChI=1S/C10H12F8OS/c1-2-6(19)20-4-3-8(13,14)7(12)10(17,18)9(15,16)5-11/h7H,2-5H2,1H3. The first-order chi connectivity index (χ1) is 8.92. The van der Waals surface area contributed by atoms with Crippen LogP contribution in [-0.4, -0.2) is 41.5 Å². The lowest BCUT2D eigenvalue weighted by atomic mass is 10.0. The molecule has 0 aromatic rings. The third-order valence-electron chi connectivity index (χ3n) is 2.33. The summed E-state index contributed by atoms with van der Waals surface area (Å²) in [6, 6.07) is 0. The van der Waals surface area contributed by atoms with E-state index >= 15 is 0 Å². The number of rotatable bonds is 8. The van der Waals surface area contributed by atoms with Gasteiger partial charge in [0.15, 0.2) is 11.8 Å². The fourth-order valence-corrected chi connectivity index (χ4v) is 1.88. The number of halogens is 8. The molecule has 0 amide bonds. The summed E-state index contributed by atoms with van der Waals surface area (Å²) >= 11 is 0.353. The quantitative estimate of drug-likeness (QED) is 0.618. The van der Waals surface area contributed by atoms with Crippen molar-refractivity contribution in [2.24, 2.45) is 0 Å². The molecule has 0 heterocycles. The Hall–Kier alpha value is -0.540. The smallest absolute Gasteiger partial charge is 0.287 e. The summed E-state index contributed by atoms with van der Waals surface area (Å²) in [6.45, 7) is -1.54. The third kappa shape index (κ3) is 4.49. The highest BCUT2D eigenvalue weighted by atomic mass is 32.2. The first-order valence-electron chi connectivity index (χ1n) is 5.41. The Balaban J connectivity index is 4.80. The van der Waals surface area contributed by atoms with E-state index in [2.05, 4.69) is 0 Å². The van der Waals surface area contributed by atoms with E-state index in [4.69, 9.17) is 0 Å². The minimum Gasteiger partial charge on any atom is -0.287 e. The first-order valence-corrected chi connectivity index (χ1v) is 6.40. The maximum atomic E-state index is 13.1. The van der Waals surface area contributed by atoms with Crippen molar-refractivity contribution < 1.29 is 39.9 Å². The zero-order valence-electron chi connectivity index (χ0n) is 10.2. The van der Waals surface area contributed by atoms with E-state index in [1.54, 1.807) is 0 Å². The normalized spacial score (nSPS) is 15.2. The predicted molar refractivity (Wildman–Crippen MR) is 58.1 cm³/mol. The minimum atomic E-state index is -5.84. The predicted octanol–water partition coefficient (Wildman–Crippen LogP) is 4.26. The van der Waals surface area contributed by atoms with Crippen molar-refractivity contribution >= 4 is 16.9 Å². The van der Waals surface area contributed by atoms with Crippen molar-refractivity contribution in [3.63, 3.8) is 0 Å². The van der Waals surface area contributed by atoms with Crippen molar-refractivity contribution in [1.29, 1.82) is 0 Å². The molecule has 0 bridgehead atoms. The number of thioether (sulfide) groups is 1. The molecule has 0 saturated carbocycles. The zero-order chi connectivity index (χ0) is 16.2. The summed E-state index contributed by atoms with van der Waals surface area (Å²) in [7, 11) is 0. The highest BCUT2D eigenvalue weighted by Gasteiger charge is 2.68. The molecule has 0 spiro atoms. The average Bonchev–Trinajstić information content (AvgIpc) is 2.36. The highest BCUT2D eigenvalue weighted by Crippen LogP contribution is 2.45. The molecule has 0 saturated heterocycles. The lowest BCUT2D eigenvalue weighted by Crippen LogP contribution is -2.56. The third-order valence-corrected chi connectivity index (χ3v) is 3.35. The Morgan fingerprint density at radius 3 is 2.05 bits per heavy atom. The average molecular weight is 332 g/mol. The van der Waals surface area contributed by atoms with E-state index in [9.17, 15) is 39.9 Å². The van der Waals surface area contributed by atoms with Gasteiger partial charge in [-0.05, 0) is 0 Å². The van der Waals surface area contributed by atoms with Crippen molar-refractivity contribution in [3.8, 4) is 0 Å². The second-order valence-electron chi connectivity index (χ2n) is 3.91. The van der Waals surface area contributed by atoms with E-state index in [0.29, 0.717) is 11.8 Å². The van der Waals surface area contributed by atoms with Gasteiger partial charge in [-0.3, -0.25) is 4.79 Å². The fraction of sp³-hybridized carbons (Fsp3) is 0.900. The van der Waals surface area contributed by atoms with Crippen molar-refractivity contribution in [2.45, 2.75) is 43.7 Å². The van der Waals surface area contributed by atoms with E-state index < -0.39 is 47.9 Å². The summed E-state index contributed by atoms with van der Waals surface area (Å²) in [4.78, 5) is 10.8. The van der Waals surface area contributed by atoms with Gasteiger partial charge >= 0.3 is 11.8 Å². The van der Waals surface area contributed by atoms with Crippen LogP contribution in [0.15, 0.2) is 0 Å². The van der Waals surface area contributed by atoms with Gasteiger partial charge in [0.25, 0.3) is 5.92 Å². The SMILES string of the molecule is CCC(=O)SCCC(F)(F)C(F)C(F)(F)C(F)(F)CF. The number of alkyl halides is 8. The molecule has 0 aliphatic heterocycles. The second kappa shape index (κ2) is 6.95. The number of hydrogen-bond donors (Lipinski definition) is 0. The Bertz CT molecular complexity index is 333. The maximum absolute atomic E-state index is 13.1. The molecule has 0 aliphatic rings. The molecule has 0 fully saturated rings. The van der Waals surface area contributed by atoms with Crippen LogP contribution in [0.1, 0.15) is 19.8 Å². The van der Waals surface area contributed by atoms with Gasteiger partial charge < -0.3 is 0 Å². The van der Waals surface area contributed by atoms with Crippen LogP contribution in [0.4, 0.5) is 35.1 Å². The number of hydrogen-bond acceptors (Lipinski definition) is 2.